The Balaban J connectivity index is 1.73. The molecule has 0 bridgehead atoms. The number of rotatable bonds is 3. The average Bonchev–Trinajstić information content (AvgIpc) is 2.87. The molecular formula is C16H11FN2O4. The van der Waals surface area contributed by atoms with Crippen LogP contribution in [0.5, 0.6) is 0 Å². The summed E-state index contributed by atoms with van der Waals surface area (Å²) >= 11 is 0. The fourth-order valence-corrected chi connectivity index (χ4v) is 2.16. The minimum absolute atomic E-state index is 0.0688. The van der Waals surface area contributed by atoms with E-state index >= 15 is 0 Å². The number of nitrogens with one attached hydrogen (secondary N) is 2. The van der Waals surface area contributed by atoms with Gasteiger partial charge in [-0.1, -0.05) is 24.3 Å². The lowest BCUT2D eigenvalue weighted by atomic mass is 10.1. The monoisotopic (exact) mass is 314 g/mol. The van der Waals surface area contributed by atoms with Crippen LogP contribution in [0, 0.1) is 5.82 Å². The van der Waals surface area contributed by atoms with Crippen molar-refractivity contribution >= 4 is 23.6 Å². The van der Waals surface area contributed by atoms with E-state index in [4.69, 9.17) is 4.74 Å². The Bertz CT molecular complexity index is 789. The number of hydrogen-bond donors (Lipinski definition) is 2. The van der Waals surface area contributed by atoms with Crippen molar-refractivity contribution < 1.29 is 23.5 Å². The number of anilines is 1. The van der Waals surface area contributed by atoms with Gasteiger partial charge in [-0.05, 0) is 24.3 Å². The zero-order chi connectivity index (χ0) is 16.4. The molecule has 6 nitrogen and oxygen atoms in total. The number of carbonyl (C=O) groups excluding carboxylic acids is 3. The molecule has 0 radical (unpaired) electrons. The van der Waals surface area contributed by atoms with Crippen LogP contribution in [0.2, 0.25) is 0 Å². The molecule has 0 spiro atoms. The second-order valence-corrected chi connectivity index (χ2v) is 4.83. The van der Waals surface area contributed by atoms with E-state index in [-0.39, 0.29) is 5.56 Å². The van der Waals surface area contributed by atoms with Crippen LogP contribution in [-0.4, -0.2) is 17.9 Å². The Labute approximate surface area is 130 Å². The average molecular weight is 314 g/mol. The first-order valence-electron chi connectivity index (χ1n) is 6.72. The summed E-state index contributed by atoms with van der Waals surface area (Å²) in [6.07, 6.45) is -1.80. The minimum Gasteiger partial charge on any atom is -0.431 e. The largest absolute Gasteiger partial charge is 0.431 e. The topological polar surface area (TPSA) is 84.5 Å². The summed E-state index contributed by atoms with van der Waals surface area (Å²) < 4.78 is 18.4. The molecule has 116 valence electrons. The number of carbonyl (C=O) groups is 3. The molecule has 2 aromatic carbocycles. The van der Waals surface area contributed by atoms with E-state index in [1.807, 2.05) is 5.32 Å². The predicted octanol–water partition coefficient (Wildman–Crippen LogP) is 2.39. The van der Waals surface area contributed by atoms with Gasteiger partial charge >= 0.3 is 6.09 Å². The van der Waals surface area contributed by atoms with Gasteiger partial charge in [0.05, 0.1) is 5.56 Å². The quantitative estimate of drug-likeness (QED) is 0.911. The highest BCUT2D eigenvalue weighted by Crippen LogP contribution is 2.23. The van der Waals surface area contributed by atoms with Crippen LogP contribution in [0.4, 0.5) is 14.9 Å². The van der Waals surface area contributed by atoms with Gasteiger partial charge in [0.2, 0.25) is 6.10 Å². The second kappa shape index (κ2) is 5.88. The number of alkyl carbamates (subject to hydrolysis) is 1. The maximum absolute atomic E-state index is 13.5. The van der Waals surface area contributed by atoms with Crippen molar-refractivity contribution in [2.75, 3.05) is 5.32 Å². The molecule has 7 heteroatoms. The number of imide groups is 1. The Morgan fingerprint density at radius 1 is 1.09 bits per heavy atom. The van der Waals surface area contributed by atoms with Crippen molar-refractivity contribution in [1.29, 1.82) is 0 Å². The first kappa shape index (κ1) is 14.7. The maximum atomic E-state index is 13.5. The molecule has 3 amide bonds. The van der Waals surface area contributed by atoms with Gasteiger partial charge in [0.1, 0.15) is 5.82 Å². The number of cyclic esters (lactones) is 1. The number of amides is 3. The summed E-state index contributed by atoms with van der Waals surface area (Å²) in [5, 5.41) is 4.58. The van der Waals surface area contributed by atoms with Crippen LogP contribution in [0.25, 0.3) is 0 Å². The Kier molecular flexibility index (Phi) is 3.76. The van der Waals surface area contributed by atoms with E-state index in [2.05, 4.69) is 5.32 Å². The molecule has 1 aliphatic rings. The molecule has 2 N–H and O–H groups in total. The van der Waals surface area contributed by atoms with Crippen molar-refractivity contribution in [3.05, 3.63) is 65.5 Å². The highest BCUT2D eigenvalue weighted by Gasteiger charge is 2.33. The van der Waals surface area contributed by atoms with E-state index < -0.39 is 29.8 Å². The first-order valence-corrected chi connectivity index (χ1v) is 6.72. The van der Waals surface area contributed by atoms with Crippen LogP contribution in [0.15, 0.2) is 48.5 Å². The third-order valence-electron chi connectivity index (χ3n) is 3.28. The fourth-order valence-electron chi connectivity index (χ4n) is 2.16. The summed E-state index contributed by atoms with van der Waals surface area (Å²) in [5.41, 5.74) is 0.824. The van der Waals surface area contributed by atoms with Crippen LogP contribution in [0.1, 0.15) is 22.0 Å². The lowest BCUT2D eigenvalue weighted by Crippen LogP contribution is -2.20. The zero-order valence-electron chi connectivity index (χ0n) is 11.7. The number of halogens is 1. The molecule has 1 aliphatic heterocycles. The van der Waals surface area contributed by atoms with Crippen molar-refractivity contribution in [3.8, 4) is 0 Å². The molecule has 0 aliphatic carbocycles. The zero-order valence-corrected chi connectivity index (χ0v) is 11.7. The SMILES string of the molecule is O=C1NC(=O)C(c2ccc(NC(=O)c3ccccc3F)cc2)O1. The van der Waals surface area contributed by atoms with E-state index in [1.54, 1.807) is 18.2 Å². The lowest BCUT2D eigenvalue weighted by Gasteiger charge is -2.09. The van der Waals surface area contributed by atoms with Gasteiger partial charge in [-0.2, -0.15) is 0 Å². The summed E-state index contributed by atoms with van der Waals surface area (Å²) in [5.74, 6) is -1.74. The standard InChI is InChI=1S/C16H11FN2O4/c17-12-4-2-1-3-11(12)14(20)18-10-7-5-9(6-8-10)13-15(21)19-16(22)23-13/h1-8,13H,(H,18,20)(H,19,21,22). The molecule has 1 heterocycles. The molecule has 0 aromatic heterocycles. The van der Waals surface area contributed by atoms with Crippen LogP contribution in [0.3, 0.4) is 0 Å². The van der Waals surface area contributed by atoms with Crippen LogP contribution >= 0.6 is 0 Å². The smallest absolute Gasteiger partial charge is 0.415 e. The maximum Gasteiger partial charge on any atom is 0.415 e. The van der Waals surface area contributed by atoms with E-state index in [0.717, 1.165) is 0 Å². The van der Waals surface area contributed by atoms with Crippen LogP contribution < -0.4 is 10.6 Å². The predicted molar refractivity (Wildman–Crippen MR) is 78.2 cm³/mol. The summed E-state index contributed by atoms with van der Waals surface area (Å²) in [4.78, 5) is 34.5. The first-order chi connectivity index (χ1) is 11.0. The van der Waals surface area contributed by atoms with Crippen LogP contribution in [-0.2, 0) is 9.53 Å². The van der Waals surface area contributed by atoms with E-state index in [1.165, 1.54) is 30.3 Å². The van der Waals surface area contributed by atoms with Crippen molar-refractivity contribution in [1.82, 2.24) is 5.32 Å². The second-order valence-electron chi connectivity index (χ2n) is 4.83. The van der Waals surface area contributed by atoms with Crippen molar-refractivity contribution in [2.24, 2.45) is 0 Å². The van der Waals surface area contributed by atoms with E-state index in [9.17, 15) is 18.8 Å². The summed E-state index contributed by atoms with van der Waals surface area (Å²) in [7, 11) is 0. The molecule has 0 saturated carbocycles. The van der Waals surface area contributed by atoms with Gasteiger partial charge in [-0.15, -0.1) is 0 Å². The Hall–Kier alpha value is -3.22. The highest BCUT2D eigenvalue weighted by molar-refractivity contribution is 6.04. The molecule has 23 heavy (non-hydrogen) atoms. The normalized spacial score (nSPS) is 16.7. The van der Waals surface area contributed by atoms with E-state index in [0.29, 0.717) is 11.3 Å². The van der Waals surface area contributed by atoms with Gasteiger partial charge in [-0.25, -0.2) is 9.18 Å². The third kappa shape index (κ3) is 3.03. The number of benzene rings is 2. The summed E-state index contributed by atoms with van der Waals surface area (Å²) in [6.45, 7) is 0. The highest BCUT2D eigenvalue weighted by atomic mass is 19.1. The summed E-state index contributed by atoms with van der Waals surface area (Å²) in [6, 6.07) is 11.8. The number of hydrogen-bond acceptors (Lipinski definition) is 4. The van der Waals surface area contributed by atoms with Crippen molar-refractivity contribution in [3.63, 3.8) is 0 Å². The molecule has 1 atom stereocenters. The minimum atomic E-state index is -1.00. The van der Waals surface area contributed by atoms with Gasteiger partial charge in [0.25, 0.3) is 11.8 Å². The van der Waals surface area contributed by atoms with Gasteiger partial charge in [0.15, 0.2) is 0 Å². The molecular weight excluding hydrogens is 303 g/mol. The molecule has 1 saturated heterocycles. The molecule has 3 rings (SSSR count). The Morgan fingerprint density at radius 3 is 2.39 bits per heavy atom. The van der Waals surface area contributed by atoms with Gasteiger partial charge in [-0.3, -0.25) is 14.9 Å². The van der Waals surface area contributed by atoms with Gasteiger partial charge in [0, 0.05) is 11.3 Å². The third-order valence-corrected chi connectivity index (χ3v) is 3.28. The Morgan fingerprint density at radius 2 is 1.78 bits per heavy atom. The molecule has 1 fully saturated rings. The fraction of sp³-hybridized carbons (Fsp3) is 0.0625. The van der Waals surface area contributed by atoms with Crippen molar-refractivity contribution in [2.45, 2.75) is 6.10 Å². The van der Waals surface area contributed by atoms with Gasteiger partial charge < -0.3 is 10.1 Å². The molecule has 2 aromatic rings. The lowest BCUT2D eigenvalue weighted by molar-refractivity contribution is -0.123. The molecule has 1 unspecified atom stereocenters. The number of ether oxygens (including phenoxy) is 1.